The molecule has 58 valence electrons. The normalized spacial score (nSPS) is 13.6. The standard InChI is InChI=1S/C8H15NS/c1-5-6-8(2,3)9-7-10-4/h5-7H,1-4H3/b6-5-,9-7-. The molecule has 0 aliphatic carbocycles. The SMILES string of the molecule is C/C=C\C(C)(C)/N=C\SC. The van der Waals surface area contributed by atoms with E-state index >= 15 is 0 Å². The number of hydrogen-bond donors (Lipinski definition) is 0. The van der Waals surface area contributed by atoms with Gasteiger partial charge in [-0.2, -0.15) is 0 Å². The molecule has 10 heavy (non-hydrogen) atoms. The lowest BCUT2D eigenvalue weighted by Crippen LogP contribution is -2.11. The second-order valence-corrected chi connectivity index (χ2v) is 3.31. The maximum absolute atomic E-state index is 4.32. The van der Waals surface area contributed by atoms with Crippen molar-refractivity contribution in [3.05, 3.63) is 12.2 Å². The molecule has 0 aromatic rings. The summed E-state index contributed by atoms with van der Waals surface area (Å²) < 4.78 is 0. The van der Waals surface area contributed by atoms with Gasteiger partial charge in [-0.1, -0.05) is 12.2 Å². The van der Waals surface area contributed by atoms with Crippen LogP contribution in [0.2, 0.25) is 0 Å². The lowest BCUT2D eigenvalue weighted by atomic mass is 10.1. The Bertz CT molecular complexity index is 136. The van der Waals surface area contributed by atoms with Crippen LogP contribution in [0.5, 0.6) is 0 Å². The van der Waals surface area contributed by atoms with Crippen LogP contribution >= 0.6 is 11.8 Å². The van der Waals surface area contributed by atoms with Gasteiger partial charge in [0.1, 0.15) is 0 Å². The van der Waals surface area contributed by atoms with Gasteiger partial charge in [0, 0.05) is 0 Å². The summed E-state index contributed by atoms with van der Waals surface area (Å²) in [5.41, 5.74) is 1.85. The summed E-state index contributed by atoms with van der Waals surface area (Å²) in [4.78, 5) is 4.32. The molecule has 0 aliphatic heterocycles. The van der Waals surface area contributed by atoms with E-state index in [1.807, 2.05) is 24.8 Å². The molecule has 0 fully saturated rings. The highest BCUT2D eigenvalue weighted by atomic mass is 32.2. The zero-order chi connectivity index (χ0) is 8.04. The first-order chi connectivity index (χ1) is 4.62. The molecule has 0 spiro atoms. The molecule has 0 bridgehead atoms. The molecule has 0 amide bonds. The van der Waals surface area contributed by atoms with E-state index in [-0.39, 0.29) is 5.54 Å². The molecule has 0 saturated carbocycles. The van der Waals surface area contributed by atoms with E-state index in [2.05, 4.69) is 24.9 Å². The van der Waals surface area contributed by atoms with Crippen molar-refractivity contribution in [1.29, 1.82) is 0 Å². The topological polar surface area (TPSA) is 12.4 Å². The van der Waals surface area contributed by atoms with E-state index in [1.165, 1.54) is 0 Å². The van der Waals surface area contributed by atoms with E-state index in [9.17, 15) is 0 Å². The zero-order valence-corrected chi connectivity index (χ0v) is 7.90. The van der Waals surface area contributed by atoms with Gasteiger partial charge in [-0.15, -0.1) is 11.8 Å². The van der Waals surface area contributed by atoms with E-state index in [0.29, 0.717) is 0 Å². The van der Waals surface area contributed by atoms with Gasteiger partial charge in [0.25, 0.3) is 0 Å². The van der Waals surface area contributed by atoms with Gasteiger partial charge in [-0.3, -0.25) is 4.99 Å². The fourth-order valence-electron chi connectivity index (χ4n) is 0.639. The Balaban J connectivity index is 3.98. The third-order valence-corrected chi connectivity index (χ3v) is 1.38. The highest BCUT2D eigenvalue weighted by Crippen LogP contribution is 2.10. The summed E-state index contributed by atoms with van der Waals surface area (Å²) in [6.07, 6.45) is 6.12. The maximum Gasteiger partial charge on any atom is 0.0737 e. The van der Waals surface area contributed by atoms with Crippen LogP contribution in [0.3, 0.4) is 0 Å². The van der Waals surface area contributed by atoms with Crippen molar-refractivity contribution in [2.24, 2.45) is 4.99 Å². The third-order valence-electron chi connectivity index (χ3n) is 1.07. The van der Waals surface area contributed by atoms with Crippen molar-refractivity contribution in [1.82, 2.24) is 0 Å². The Kier molecular flexibility index (Phi) is 4.45. The molecular weight excluding hydrogens is 142 g/mol. The molecule has 0 unspecified atom stereocenters. The Morgan fingerprint density at radius 1 is 1.40 bits per heavy atom. The van der Waals surface area contributed by atoms with Crippen LogP contribution in [0.1, 0.15) is 20.8 Å². The minimum atomic E-state index is -0.0300. The summed E-state index contributed by atoms with van der Waals surface area (Å²) in [5.74, 6) is 0. The summed E-state index contributed by atoms with van der Waals surface area (Å²) in [7, 11) is 0. The van der Waals surface area contributed by atoms with Crippen LogP contribution in [-0.2, 0) is 0 Å². The van der Waals surface area contributed by atoms with Crippen molar-refractivity contribution in [2.75, 3.05) is 6.26 Å². The fourth-order valence-corrected chi connectivity index (χ4v) is 1.02. The molecule has 0 heterocycles. The van der Waals surface area contributed by atoms with Crippen molar-refractivity contribution in [3.8, 4) is 0 Å². The first-order valence-corrected chi connectivity index (χ1v) is 4.61. The molecule has 0 saturated heterocycles. The smallest absolute Gasteiger partial charge is 0.0737 e. The first kappa shape index (κ1) is 9.76. The molecule has 0 aromatic heterocycles. The summed E-state index contributed by atoms with van der Waals surface area (Å²) in [5, 5.41) is 0. The molecule has 2 heteroatoms. The van der Waals surface area contributed by atoms with Crippen molar-refractivity contribution in [3.63, 3.8) is 0 Å². The second kappa shape index (κ2) is 4.56. The molecule has 0 N–H and O–H groups in total. The number of hydrogen-bond acceptors (Lipinski definition) is 2. The molecule has 0 atom stereocenters. The fraction of sp³-hybridized carbons (Fsp3) is 0.625. The predicted octanol–water partition coefficient (Wildman–Crippen LogP) is 2.73. The van der Waals surface area contributed by atoms with Crippen LogP contribution in [0.4, 0.5) is 0 Å². The average molecular weight is 157 g/mol. The highest BCUT2D eigenvalue weighted by molar-refractivity contribution is 8.11. The number of aliphatic imine (C=N–C) groups is 1. The molecular formula is C8H15NS. The number of allylic oxidation sites excluding steroid dienone is 1. The minimum absolute atomic E-state index is 0.0300. The summed E-state index contributed by atoms with van der Waals surface area (Å²) in [6.45, 7) is 6.18. The number of thioether (sulfide) groups is 1. The average Bonchev–Trinajstić information content (AvgIpc) is 1.84. The van der Waals surface area contributed by atoms with Crippen LogP contribution in [0.15, 0.2) is 17.1 Å². The summed E-state index contributed by atoms with van der Waals surface area (Å²) >= 11 is 1.63. The first-order valence-electron chi connectivity index (χ1n) is 3.33. The lowest BCUT2D eigenvalue weighted by Gasteiger charge is -2.12. The van der Waals surface area contributed by atoms with Gasteiger partial charge in [0.05, 0.1) is 11.1 Å². The number of nitrogens with zero attached hydrogens (tertiary/aromatic N) is 1. The Morgan fingerprint density at radius 2 is 2.00 bits per heavy atom. The molecule has 0 aromatic carbocycles. The van der Waals surface area contributed by atoms with Gasteiger partial charge in [-0.25, -0.2) is 0 Å². The third kappa shape index (κ3) is 4.62. The van der Waals surface area contributed by atoms with Crippen LogP contribution < -0.4 is 0 Å². The van der Waals surface area contributed by atoms with E-state index < -0.39 is 0 Å². The van der Waals surface area contributed by atoms with Gasteiger partial charge in [0.2, 0.25) is 0 Å². The van der Waals surface area contributed by atoms with Crippen molar-refractivity contribution < 1.29 is 0 Å². The Morgan fingerprint density at radius 3 is 2.40 bits per heavy atom. The monoisotopic (exact) mass is 157 g/mol. The zero-order valence-electron chi connectivity index (χ0n) is 7.09. The van der Waals surface area contributed by atoms with E-state index in [1.54, 1.807) is 11.8 Å². The highest BCUT2D eigenvalue weighted by Gasteiger charge is 2.07. The van der Waals surface area contributed by atoms with Gasteiger partial charge < -0.3 is 0 Å². The largest absolute Gasteiger partial charge is 0.276 e. The van der Waals surface area contributed by atoms with Crippen LogP contribution in [0, 0.1) is 0 Å². The van der Waals surface area contributed by atoms with Gasteiger partial charge in [-0.05, 0) is 27.0 Å². The second-order valence-electron chi connectivity index (χ2n) is 2.62. The lowest BCUT2D eigenvalue weighted by molar-refractivity contribution is 0.661. The molecule has 0 aliphatic rings. The number of rotatable bonds is 3. The minimum Gasteiger partial charge on any atom is -0.276 e. The molecule has 0 rings (SSSR count). The molecule has 0 radical (unpaired) electrons. The maximum atomic E-state index is 4.32. The van der Waals surface area contributed by atoms with Crippen molar-refractivity contribution in [2.45, 2.75) is 26.3 Å². The Labute approximate surface area is 67.6 Å². The van der Waals surface area contributed by atoms with E-state index in [0.717, 1.165) is 0 Å². The Hall–Kier alpha value is -0.240. The van der Waals surface area contributed by atoms with Crippen molar-refractivity contribution >= 4 is 17.3 Å². The quantitative estimate of drug-likeness (QED) is 0.348. The van der Waals surface area contributed by atoms with E-state index in [4.69, 9.17) is 0 Å². The van der Waals surface area contributed by atoms with Crippen LogP contribution in [-0.4, -0.2) is 17.3 Å². The van der Waals surface area contributed by atoms with Gasteiger partial charge in [0.15, 0.2) is 0 Å². The summed E-state index contributed by atoms with van der Waals surface area (Å²) in [6, 6.07) is 0. The predicted molar refractivity (Wildman–Crippen MR) is 50.9 cm³/mol. The van der Waals surface area contributed by atoms with Gasteiger partial charge >= 0.3 is 0 Å². The molecule has 1 nitrogen and oxygen atoms in total. The van der Waals surface area contributed by atoms with Crippen LogP contribution in [0.25, 0.3) is 0 Å².